The van der Waals surface area contributed by atoms with E-state index in [-0.39, 0.29) is 0 Å². The highest BCUT2D eigenvalue weighted by Crippen LogP contribution is 2.32. The van der Waals surface area contributed by atoms with Crippen LogP contribution in [-0.4, -0.2) is 47.1 Å². The van der Waals surface area contributed by atoms with Crippen LogP contribution in [0.1, 0.15) is 19.3 Å². The van der Waals surface area contributed by atoms with Crippen molar-refractivity contribution in [1.82, 2.24) is 14.9 Å². The lowest BCUT2D eigenvalue weighted by molar-refractivity contribution is 0.260. The average molecular weight is 327 g/mol. The van der Waals surface area contributed by atoms with Crippen molar-refractivity contribution in [3.63, 3.8) is 0 Å². The molecule has 0 aliphatic carbocycles. The van der Waals surface area contributed by atoms with Crippen molar-refractivity contribution in [2.75, 3.05) is 36.5 Å². The molecule has 0 bridgehead atoms. The smallest absolute Gasteiger partial charge is 0.159 e. The Hall–Kier alpha value is -0.920. The number of hydrazine groups is 1. The first-order chi connectivity index (χ1) is 9.29. The fourth-order valence-electron chi connectivity index (χ4n) is 3.02. The highest BCUT2D eigenvalue weighted by Gasteiger charge is 2.31. The van der Waals surface area contributed by atoms with Crippen LogP contribution in [0.25, 0.3) is 0 Å². The van der Waals surface area contributed by atoms with E-state index in [0.717, 1.165) is 23.4 Å². The van der Waals surface area contributed by atoms with Crippen LogP contribution >= 0.6 is 15.9 Å². The molecule has 1 unspecified atom stereocenters. The van der Waals surface area contributed by atoms with E-state index in [1.165, 1.54) is 32.4 Å². The number of rotatable bonds is 3. The maximum atomic E-state index is 5.45. The lowest BCUT2D eigenvalue weighted by Crippen LogP contribution is -2.35. The molecular formula is C12H19BrN6. The largest absolute Gasteiger partial charge is 0.354 e. The molecule has 0 saturated carbocycles. The van der Waals surface area contributed by atoms with E-state index in [1.807, 2.05) is 0 Å². The van der Waals surface area contributed by atoms with Crippen LogP contribution in [0, 0.1) is 0 Å². The normalized spacial score (nSPS) is 24.1. The minimum atomic E-state index is 0.634. The van der Waals surface area contributed by atoms with Gasteiger partial charge in [0.2, 0.25) is 0 Å². The van der Waals surface area contributed by atoms with E-state index in [9.17, 15) is 0 Å². The van der Waals surface area contributed by atoms with Gasteiger partial charge in [0.1, 0.15) is 16.6 Å². The van der Waals surface area contributed by atoms with Crippen molar-refractivity contribution in [2.24, 2.45) is 5.84 Å². The number of hydrogen-bond donors (Lipinski definition) is 2. The van der Waals surface area contributed by atoms with Gasteiger partial charge in [0, 0.05) is 19.1 Å². The van der Waals surface area contributed by atoms with Crippen LogP contribution in [0.15, 0.2) is 10.8 Å². The van der Waals surface area contributed by atoms with Crippen LogP contribution in [0.3, 0.4) is 0 Å². The molecule has 6 nitrogen and oxygen atoms in total. The zero-order valence-electron chi connectivity index (χ0n) is 10.8. The van der Waals surface area contributed by atoms with E-state index in [2.05, 4.69) is 41.1 Å². The topological polar surface area (TPSA) is 70.3 Å². The monoisotopic (exact) mass is 326 g/mol. The van der Waals surface area contributed by atoms with E-state index in [1.54, 1.807) is 6.33 Å². The number of halogens is 1. The Morgan fingerprint density at radius 1 is 1.26 bits per heavy atom. The van der Waals surface area contributed by atoms with Gasteiger partial charge in [0.25, 0.3) is 0 Å². The van der Waals surface area contributed by atoms with Gasteiger partial charge < -0.3 is 10.3 Å². The summed E-state index contributed by atoms with van der Waals surface area (Å²) in [6.45, 7) is 4.58. The zero-order valence-corrected chi connectivity index (χ0v) is 12.4. The molecule has 0 aromatic carbocycles. The van der Waals surface area contributed by atoms with Crippen LogP contribution in [0.5, 0.6) is 0 Å². The first kappa shape index (κ1) is 13.1. The fourth-order valence-corrected chi connectivity index (χ4v) is 3.59. The zero-order chi connectivity index (χ0) is 13.2. The van der Waals surface area contributed by atoms with Crippen molar-refractivity contribution in [1.29, 1.82) is 0 Å². The highest BCUT2D eigenvalue weighted by molar-refractivity contribution is 9.10. The fraction of sp³-hybridized carbons (Fsp3) is 0.667. The third kappa shape index (κ3) is 2.54. The Bertz CT molecular complexity index is 448. The molecule has 2 fully saturated rings. The summed E-state index contributed by atoms with van der Waals surface area (Å²) >= 11 is 3.53. The Labute approximate surface area is 121 Å². The van der Waals surface area contributed by atoms with Crippen molar-refractivity contribution in [3.05, 3.63) is 10.8 Å². The standard InChI is InChI=1S/C12H19BrN6/c13-10-11(17-14)15-8-16-12(10)19-6-3-9(7-19)18-4-1-2-5-18/h8-9H,1-7,14H2,(H,15,16,17). The van der Waals surface area contributed by atoms with Crippen LogP contribution in [-0.2, 0) is 0 Å². The van der Waals surface area contributed by atoms with E-state index in [4.69, 9.17) is 5.84 Å². The number of anilines is 2. The number of nitrogens with two attached hydrogens (primary N) is 1. The first-order valence-corrected chi connectivity index (χ1v) is 7.55. The van der Waals surface area contributed by atoms with Gasteiger partial charge in [-0.15, -0.1) is 0 Å². The molecule has 1 aromatic rings. The van der Waals surface area contributed by atoms with Gasteiger partial charge in [0.05, 0.1) is 0 Å². The maximum absolute atomic E-state index is 5.45. The van der Waals surface area contributed by atoms with Crippen molar-refractivity contribution in [2.45, 2.75) is 25.3 Å². The average Bonchev–Trinajstić information content (AvgIpc) is 3.09. The molecule has 19 heavy (non-hydrogen) atoms. The summed E-state index contributed by atoms with van der Waals surface area (Å²) in [5, 5.41) is 0. The number of aromatic nitrogens is 2. The predicted molar refractivity (Wildman–Crippen MR) is 79.0 cm³/mol. The summed E-state index contributed by atoms with van der Waals surface area (Å²) in [4.78, 5) is 13.4. The van der Waals surface area contributed by atoms with Gasteiger partial charge in [-0.3, -0.25) is 4.90 Å². The van der Waals surface area contributed by atoms with Crippen LogP contribution in [0.4, 0.5) is 11.6 Å². The summed E-state index contributed by atoms with van der Waals surface area (Å²) in [6, 6.07) is 0.665. The Balaban J connectivity index is 1.73. The second-order valence-electron chi connectivity index (χ2n) is 5.14. The highest BCUT2D eigenvalue weighted by atomic mass is 79.9. The molecule has 0 radical (unpaired) electrons. The molecule has 7 heteroatoms. The lowest BCUT2D eigenvalue weighted by atomic mass is 10.2. The number of likely N-dealkylation sites (tertiary alicyclic amines) is 1. The van der Waals surface area contributed by atoms with E-state index in [0.29, 0.717) is 11.9 Å². The third-order valence-corrected chi connectivity index (χ3v) is 4.76. The van der Waals surface area contributed by atoms with Gasteiger partial charge in [-0.1, -0.05) is 0 Å². The minimum Gasteiger partial charge on any atom is -0.354 e. The minimum absolute atomic E-state index is 0.634. The van der Waals surface area contributed by atoms with Gasteiger partial charge in [0.15, 0.2) is 5.82 Å². The van der Waals surface area contributed by atoms with Gasteiger partial charge in [-0.05, 0) is 48.3 Å². The second kappa shape index (κ2) is 5.60. The van der Waals surface area contributed by atoms with Gasteiger partial charge in [-0.2, -0.15) is 0 Å². The van der Waals surface area contributed by atoms with Crippen molar-refractivity contribution >= 4 is 27.6 Å². The quantitative estimate of drug-likeness (QED) is 0.642. The maximum Gasteiger partial charge on any atom is 0.159 e. The van der Waals surface area contributed by atoms with E-state index < -0.39 is 0 Å². The summed E-state index contributed by atoms with van der Waals surface area (Å²) in [5.41, 5.74) is 2.59. The van der Waals surface area contributed by atoms with Gasteiger partial charge in [-0.25, -0.2) is 15.8 Å². The molecule has 0 amide bonds. The molecule has 1 aromatic heterocycles. The Morgan fingerprint density at radius 3 is 2.79 bits per heavy atom. The van der Waals surface area contributed by atoms with Crippen molar-refractivity contribution < 1.29 is 0 Å². The van der Waals surface area contributed by atoms with Gasteiger partial charge >= 0.3 is 0 Å². The first-order valence-electron chi connectivity index (χ1n) is 6.75. The molecule has 2 aliphatic rings. The lowest BCUT2D eigenvalue weighted by Gasteiger charge is -2.24. The Kier molecular flexibility index (Phi) is 3.86. The summed E-state index contributed by atoms with van der Waals surface area (Å²) < 4.78 is 0.847. The molecule has 2 aliphatic heterocycles. The van der Waals surface area contributed by atoms with Crippen LogP contribution in [0.2, 0.25) is 0 Å². The second-order valence-corrected chi connectivity index (χ2v) is 5.93. The molecular weight excluding hydrogens is 308 g/mol. The van der Waals surface area contributed by atoms with Crippen molar-refractivity contribution in [3.8, 4) is 0 Å². The molecule has 3 N–H and O–H groups in total. The third-order valence-electron chi connectivity index (χ3n) is 4.03. The molecule has 2 saturated heterocycles. The Morgan fingerprint density at radius 2 is 2.05 bits per heavy atom. The summed E-state index contributed by atoms with van der Waals surface area (Å²) in [6.07, 6.45) is 5.45. The summed E-state index contributed by atoms with van der Waals surface area (Å²) in [7, 11) is 0. The molecule has 3 rings (SSSR count). The molecule has 104 valence electrons. The number of nitrogens with one attached hydrogen (secondary N) is 1. The SMILES string of the molecule is NNc1ncnc(N2CCC(N3CCCC3)C2)c1Br. The van der Waals surface area contributed by atoms with Crippen LogP contribution < -0.4 is 16.2 Å². The molecule has 0 spiro atoms. The number of nitrogen functional groups attached to an aromatic ring is 1. The number of hydrogen-bond acceptors (Lipinski definition) is 6. The number of nitrogens with zero attached hydrogens (tertiary/aromatic N) is 4. The van der Waals surface area contributed by atoms with E-state index >= 15 is 0 Å². The predicted octanol–water partition coefficient (Wildman–Crippen LogP) is 1.20. The summed E-state index contributed by atoms with van der Waals surface area (Å²) in [5.74, 6) is 7.02. The molecule has 1 atom stereocenters. The molecule has 3 heterocycles.